The van der Waals surface area contributed by atoms with Crippen LogP contribution in [0.15, 0.2) is 36.7 Å². The van der Waals surface area contributed by atoms with Crippen molar-refractivity contribution in [2.24, 2.45) is 0 Å². The molecule has 0 radical (unpaired) electrons. The molecule has 314 valence electrons. The minimum atomic E-state index is -4.73. The van der Waals surface area contributed by atoms with Crippen LogP contribution in [0, 0.1) is 17.1 Å². The summed E-state index contributed by atoms with van der Waals surface area (Å²) in [5, 5.41) is 13.7. The molecule has 4 heterocycles. The number of hydrogen-bond acceptors (Lipinski definition) is 11. The molecule has 3 aliphatic rings. The second kappa shape index (κ2) is 18.8. The van der Waals surface area contributed by atoms with E-state index < -0.39 is 55.0 Å². The molecule has 2 saturated heterocycles. The number of halogens is 1. The van der Waals surface area contributed by atoms with Crippen LogP contribution in [-0.4, -0.2) is 61.4 Å². The monoisotopic (exact) mass is 813 g/mol. The number of rotatable bonds is 25. The number of phosphoric acid groups is 1. The molecule has 3 N–H and O–H groups in total. The molecule has 15 heteroatoms. The van der Waals surface area contributed by atoms with E-state index in [1.54, 1.807) is 31.4 Å². The van der Waals surface area contributed by atoms with Crippen molar-refractivity contribution in [2.45, 2.75) is 178 Å². The smallest absolute Gasteiger partial charge is 0.472 e. The number of nitrogens with zero attached hydrogens (tertiary/aromatic N) is 4. The summed E-state index contributed by atoms with van der Waals surface area (Å²) in [6, 6.07) is 9.30. The molecule has 3 fully saturated rings. The first-order chi connectivity index (χ1) is 27.3. The van der Waals surface area contributed by atoms with Crippen LogP contribution in [0.3, 0.4) is 0 Å². The first-order valence-corrected chi connectivity index (χ1v) is 22.5. The molecule has 0 bridgehead atoms. The number of benzene rings is 1. The molecule has 2 aliphatic heterocycles. The Morgan fingerprint density at radius 3 is 2.23 bits per heavy atom. The molecule has 1 aliphatic carbocycles. The van der Waals surface area contributed by atoms with Gasteiger partial charge in [0.15, 0.2) is 17.2 Å². The summed E-state index contributed by atoms with van der Waals surface area (Å²) in [4.78, 5) is 15.1. The van der Waals surface area contributed by atoms with E-state index in [2.05, 4.69) is 17.0 Å². The van der Waals surface area contributed by atoms with Gasteiger partial charge in [0.1, 0.15) is 53.4 Å². The normalized spacial score (nSPS) is 26.2. The zero-order valence-electron chi connectivity index (χ0n) is 34.0. The zero-order chi connectivity index (χ0) is 40.7. The number of unbranched alkanes of at least 4 members (excludes halogenated alkanes) is 15. The SMILES string of the molecule is CCCCCCCCCCCCCCCCCC[C@@H](COP(=O)(O)OC1[C@@]2(C)O[C@@H](c3ccc4c(N)ncnn34)[C@@H]3OC(C)(C)O[C@@]132)Oc1cc(F)cc(C#N)c1. The Labute approximate surface area is 336 Å². The highest BCUT2D eigenvalue weighted by Crippen LogP contribution is 2.74. The zero-order valence-corrected chi connectivity index (χ0v) is 34.9. The van der Waals surface area contributed by atoms with Gasteiger partial charge in [-0.3, -0.25) is 9.05 Å². The standard InChI is InChI=1S/C42H61FN5O8P/c1-5-6-7-8-9-10-11-12-13-14-15-16-17-18-19-20-21-32(52-33-25-30(27-44)24-31(43)26-33)28-51-57(49,50)55-39-41(4)42(39)37(54-40(2,3)56-42)36(53-41)34-22-23-35-38(45)46-29-47-48(34)35/h22-26,29,32,36-37,39H,5-21,28H2,1-4H3,(H,49,50)(H2,45,46,47)/t32-,36-,37-,39?,41+,42+/m0/s1. The molecular weight excluding hydrogens is 752 g/mol. The predicted octanol–water partition coefficient (Wildman–Crippen LogP) is 9.66. The highest BCUT2D eigenvalue weighted by atomic mass is 31.2. The van der Waals surface area contributed by atoms with Crippen molar-refractivity contribution in [1.29, 1.82) is 5.26 Å². The Balaban J connectivity index is 0.995. The molecule has 7 atom stereocenters. The average Bonchev–Trinajstić information content (AvgIpc) is 3.55. The van der Waals surface area contributed by atoms with E-state index in [-0.39, 0.29) is 17.9 Å². The van der Waals surface area contributed by atoms with Crippen LogP contribution in [0.4, 0.5) is 10.2 Å². The first-order valence-electron chi connectivity index (χ1n) is 21.0. The Morgan fingerprint density at radius 1 is 0.965 bits per heavy atom. The van der Waals surface area contributed by atoms with Crippen molar-refractivity contribution >= 4 is 19.2 Å². The lowest BCUT2D eigenvalue weighted by molar-refractivity contribution is -0.186. The highest BCUT2D eigenvalue weighted by Gasteiger charge is 2.92. The predicted molar refractivity (Wildman–Crippen MR) is 213 cm³/mol. The van der Waals surface area contributed by atoms with Crippen LogP contribution < -0.4 is 10.5 Å². The first kappa shape index (κ1) is 43.4. The average molecular weight is 814 g/mol. The summed E-state index contributed by atoms with van der Waals surface area (Å²) in [5.74, 6) is -1.22. The Morgan fingerprint density at radius 2 is 1.60 bits per heavy atom. The molecular formula is C42H61FN5O8P. The Bertz CT molecular complexity index is 1890. The van der Waals surface area contributed by atoms with E-state index in [0.717, 1.165) is 31.7 Å². The highest BCUT2D eigenvalue weighted by molar-refractivity contribution is 7.47. The lowest BCUT2D eigenvalue weighted by atomic mass is 10.0. The number of ether oxygens (including phenoxy) is 4. The van der Waals surface area contributed by atoms with Gasteiger partial charge in [-0.1, -0.05) is 103 Å². The maximum absolute atomic E-state index is 14.3. The third kappa shape index (κ3) is 10.2. The minimum absolute atomic E-state index is 0.106. The number of phosphoric ester groups is 1. The summed E-state index contributed by atoms with van der Waals surface area (Å²) < 4.78 is 66.3. The molecule has 1 saturated carbocycles. The minimum Gasteiger partial charge on any atom is -0.488 e. The number of hydrogen-bond donors (Lipinski definition) is 2. The molecule has 13 nitrogen and oxygen atoms in total. The van der Waals surface area contributed by atoms with E-state index in [9.17, 15) is 19.1 Å². The van der Waals surface area contributed by atoms with Crippen LogP contribution in [0.1, 0.15) is 154 Å². The lowest BCUT2D eigenvalue weighted by Gasteiger charge is -2.25. The maximum Gasteiger partial charge on any atom is 0.472 e. The third-order valence-electron chi connectivity index (χ3n) is 11.6. The molecule has 1 spiro atoms. The van der Waals surface area contributed by atoms with E-state index >= 15 is 0 Å². The van der Waals surface area contributed by atoms with Gasteiger partial charge in [-0.25, -0.2) is 18.5 Å². The summed E-state index contributed by atoms with van der Waals surface area (Å²) >= 11 is 0. The fraction of sp³-hybridized carbons (Fsp3) is 0.690. The van der Waals surface area contributed by atoms with E-state index in [4.69, 9.17) is 33.7 Å². The second-order valence-electron chi connectivity index (χ2n) is 16.5. The molecule has 1 aromatic carbocycles. The van der Waals surface area contributed by atoms with Crippen LogP contribution in [0.2, 0.25) is 0 Å². The van der Waals surface area contributed by atoms with E-state index in [1.807, 2.05) is 12.1 Å². The molecule has 2 unspecified atom stereocenters. The molecule has 0 amide bonds. The van der Waals surface area contributed by atoms with Gasteiger partial charge in [0.2, 0.25) is 0 Å². The number of nitriles is 1. The Hall–Kier alpha value is -3.15. The van der Waals surface area contributed by atoms with Crippen molar-refractivity contribution in [2.75, 3.05) is 12.3 Å². The topological polar surface area (TPSA) is 173 Å². The van der Waals surface area contributed by atoms with Crippen LogP contribution in [-0.2, 0) is 27.8 Å². The quantitative estimate of drug-likeness (QED) is 0.0614. The molecule has 6 rings (SSSR count). The summed E-state index contributed by atoms with van der Waals surface area (Å²) in [6.45, 7) is 7.24. The molecule has 2 aromatic heterocycles. The molecule has 3 aromatic rings. The largest absolute Gasteiger partial charge is 0.488 e. The summed E-state index contributed by atoms with van der Waals surface area (Å²) in [7, 11) is -4.73. The summed E-state index contributed by atoms with van der Waals surface area (Å²) in [6.07, 6.45) is 18.5. The van der Waals surface area contributed by atoms with Crippen LogP contribution in [0.25, 0.3) is 5.52 Å². The van der Waals surface area contributed by atoms with Crippen LogP contribution in [0.5, 0.6) is 5.75 Å². The van der Waals surface area contributed by atoms with Gasteiger partial charge in [-0.05, 0) is 57.9 Å². The van der Waals surface area contributed by atoms with Gasteiger partial charge in [0.25, 0.3) is 0 Å². The maximum atomic E-state index is 14.3. The number of fused-ring (bicyclic) bond motifs is 1. The van der Waals surface area contributed by atoms with E-state index in [1.165, 1.54) is 95.5 Å². The summed E-state index contributed by atoms with van der Waals surface area (Å²) in [5.41, 5.74) is 5.05. The molecule has 57 heavy (non-hydrogen) atoms. The lowest BCUT2D eigenvalue weighted by Crippen LogP contribution is -2.33. The van der Waals surface area contributed by atoms with Crippen LogP contribution >= 0.6 is 7.82 Å². The number of anilines is 1. The van der Waals surface area contributed by atoms with Gasteiger partial charge in [-0.15, -0.1) is 0 Å². The number of nitrogen functional groups attached to an aromatic ring is 1. The van der Waals surface area contributed by atoms with Crippen molar-refractivity contribution in [3.8, 4) is 11.8 Å². The number of nitrogens with two attached hydrogens (primary N) is 1. The third-order valence-corrected chi connectivity index (χ3v) is 12.6. The fourth-order valence-electron chi connectivity index (χ4n) is 8.69. The van der Waals surface area contributed by atoms with Gasteiger partial charge < -0.3 is 29.6 Å². The Kier molecular flexibility index (Phi) is 14.4. The second-order valence-corrected chi connectivity index (χ2v) is 18.0. The fourth-order valence-corrected chi connectivity index (χ4v) is 9.73. The van der Waals surface area contributed by atoms with Crippen molar-refractivity contribution in [3.63, 3.8) is 0 Å². The van der Waals surface area contributed by atoms with Gasteiger partial charge in [0.05, 0.1) is 23.9 Å². The van der Waals surface area contributed by atoms with Gasteiger partial charge in [-0.2, -0.15) is 10.4 Å². The van der Waals surface area contributed by atoms with Gasteiger partial charge in [0, 0.05) is 6.07 Å². The van der Waals surface area contributed by atoms with Crippen molar-refractivity contribution < 1.29 is 41.8 Å². The van der Waals surface area contributed by atoms with E-state index in [0.29, 0.717) is 23.4 Å². The van der Waals surface area contributed by atoms with Crippen molar-refractivity contribution in [1.82, 2.24) is 14.6 Å². The number of aromatic nitrogens is 3. The van der Waals surface area contributed by atoms with Crippen molar-refractivity contribution in [3.05, 3.63) is 53.7 Å². The van der Waals surface area contributed by atoms with Gasteiger partial charge >= 0.3 is 7.82 Å².